The van der Waals surface area contributed by atoms with E-state index in [-0.39, 0.29) is 36.5 Å². The van der Waals surface area contributed by atoms with Crippen LogP contribution in [0.4, 0.5) is 8.78 Å². The standard InChI is InChI=1S/C16H13F2N5O/c17-13-7-5-11(6-8-13)16-20-22-23(21-16)10-15(24)19-9-12-3-1-2-4-14(12)18/h1-8H,9-10H2,(H,19,24). The Labute approximate surface area is 136 Å². The van der Waals surface area contributed by atoms with Crippen molar-refractivity contribution in [3.8, 4) is 11.4 Å². The topological polar surface area (TPSA) is 72.7 Å². The Bertz CT molecular complexity index is 848. The maximum absolute atomic E-state index is 13.5. The number of benzene rings is 2. The van der Waals surface area contributed by atoms with Crippen LogP contribution in [0, 0.1) is 11.6 Å². The summed E-state index contributed by atoms with van der Waals surface area (Å²) in [6.07, 6.45) is 0. The average Bonchev–Trinajstić information content (AvgIpc) is 3.03. The van der Waals surface area contributed by atoms with E-state index in [0.29, 0.717) is 11.1 Å². The van der Waals surface area contributed by atoms with Gasteiger partial charge in [0, 0.05) is 17.7 Å². The lowest BCUT2D eigenvalue weighted by molar-refractivity contribution is -0.122. The molecule has 0 aliphatic heterocycles. The van der Waals surface area contributed by atoms with Crippen LogP contribution in [-0.4, -0.2) is 26.1 Å². The number of hydrogen-bond donors (Lipinski definition) is 1. The summed E-state index contributed by atoms with van der Waals surface area (Å²) in [4.78, 5) is 13.0. The van der Waals surface area contributed by atoms with Gasteiger partial charge in [-0.05, 0) is 35.5 Å². The summed E-state index contributed by atoms with van der Waals surface area (Å²) >= 11 is 0. The summed E-state index contributed by atoms with van der Waals surface area (Å²) in [5.74, 6) is -0.827. The highest BCUT2D eigenvalue weighted by atomic mass is 19.1. The van der Waals surface area contributed by atoms with Gasteiger partial charge >= 0.3 is 0 Å². The minimum Gasteiger partial charge on any atom is -0.350 e. The van der Waals surface area contributed by atoms with E-state index in [9.17, 15) is 13.6 Å². The molecule has 0 saturated heterocycles. The Morgan fingerprint density at radius 1 is 1.08 bits per heavy atom. The molecule has 8 heteroatoms. The van der Waals surface area contributed by atoms with Crippen LogP contribution in [0.15, 0.2) is 48.5 Å². The number of halogens is 2. The largest absolute Gasteiger partial charge is 0.350 e. The van der Waals surface area contributed by atoms with Crippen molar-refractivity contribution in [3.63, 3.8) is 0 Å². The van der Waals surface area contributed by atoms with E-state index < -0.39 is 0 Å². The maximum Gasteiger partial charge on any atom is 0.243 e. The molecule has 24 heavy (non-hydrogen) atoms. The molecule has 3 aromatic rings. The number of tetrazole rings is 1. The number of amides is 1. The molecule has 0 unspecified atom stereocenters. The summed E-state index contributed by atoms with van der Waals surface area (Å²) in [6.45, 7) is -0.0757. The monoisotopic (exact) mass is 329 g/mol. The van der Waals surface area contributed by atoms with Gasteiger partial charge in [-0.1, -0.05) is 18.2 Å². The van der Waals surface area contributed by atoms with Gasteiger partial charge in [0.2, 0.25) is 11.7 Å². The quantitative estimate of drug-likeness (QED) is 0.776. The number of rotatable bonds is 5. The molecular weight excluding hydrogens is 316 g/mol. The average molecular weight is 329 g/mol. The molecule has 1 N–H and O–H groups in total. The first-order valence-electron chi connectivity index (χ1n) is 7.15. The molecule has 0 atom stereocenters. The van der Waals surface area contributed by atoms with Crippen LogP contribution in [0.5, 0.6) is 0 Å². The van der Waals surface area contributed by atoms with Crippen LogP contribution in [0.3, 0.4) is 0 Å². The molecule has 1 aromatic heterocycles. The Kier molecular flexibility index (Phi) is 4.55. The number of hydrogen-bond acceptors (Lipinski definition) is 4. The van der Waals surface area contributed by atoms with Crippen molar-refractivity contribution in [1.29, 1.82) is 0 Å². The minimum atomic E-state index is -0.379. The molecule has 0 spiro atoms. The van der Waals surface area contributed by atoms with Gasteiger partial charge in [0.1, 0.15) is 18.2 Å². The van der Waals surface area contributed by atoms with E-state index in [1.807, 2.05) is 0 Å². The number of carbonyl (C=O) groups is 1. The van der Waals surface area contributed by atoms with Gasteiger partial charge in [-0.3, -0.25) is 4.79 Å². The normalized spacial score (nSPS) is 10.6. The fourth-order valence-corrected chi connectivity index (χ4v) is 2.04. The van der Waals surface area contributed by atoms with E-state index in [2.05, 4.69) is 20.7 Å². The van der Waals surface area contributed by atoms with Crippen molar-refractivity contribution in [1.82, 2.24) is 25.5 Å². The first-order valence-corrected chi connectivity index (χ1v) is 7.15. The van der Waals surface area contributed by atoms with Crippen molar-refractivity contribution >= 4 is 5.91 Å². The zero-order chi connectivity index (χ0) is 16.9. The van der Waals surface area contributed by atoms with Crippen LogP contribution < -0.4 is 5.32 Å². The third-order valence-electron chi connectivity index (χ3n) is 3.27. The van der Waals surface area contributed by atoms with E-state index in [0.717, 1.165) is 4.80 Å². The lowest BCUT2D eigenvalue weighted by Gasteiger charge is -2.05. The van der Waals surface area contributed by atoms with E-state index >= 15 is 0 Å². The first-order chi connectivity index (χ1) is 11.6. The molecule has 0 aliphatic carbocycles. The van der Waals surface area contributed by atoms with Crippen molar-refractivity contribution < 1.29 is 13.6 Å². The van der Waals surface area contributed by atoms with Crippen molar-refractivity contribution in [2.75, 3.05) is 0 Å². The predicted molar refractivity (Wildman–Crippen MR) is 81.5 cm³/mol. The van der Waals surface area contributed by atoms with Gasteiger partial charge in [-0.15, -0.1) is 10.2 Å². The first kappa shape index (κ1) is 15.7. The third kappa shape index (κ3) is 3.78. The summed E-state index contributed by atoms with van der Waals surface area (Å²) in [7, 11) is 0. The number of aromatic nitrogens is 4. The van der Waals surface area contributed by atoms with Crippen molar-refractivity contribution in [2.45, 2.75) is 13.1 Å². The summed E-state index contributed by atoms with van der Waals surface area (Å²) in [5, 5.41) is 14.2. The number of carbonyl (C=O) groups excluding carboxylic acids is 1. The molecule has 1 amide bonds. The SMILES string of the molecule is O=C(Cn1nnc(-c2ccc(F)cc2)n1)NCc1ccccc1F. The molecule has 3 rings (SSSR count). The smallest absolute Gasteiger partial charge is 0.243 e. The van der Waals surface area contributed by atoms with E-state index in [1.165, 1.54) is 30.3 Å². The summed E-state index contributed by atoms with van der Waals surface area (Å²) in [5.41, 5.74) is 0.985. The third-order valence-corrected chi connectivity index (χ3v) is 3.27. The number of nitrogens with one attached hydrogen (secondary N) is 1. The van der Waals surface area contributed by atoms with Gasteiger partial charge < -0.3 is 5.32 Å². The van der Waals surface area contributed by atoms with Crippen LogP contribution in [0.2, 0.25) is 0 Å². The Morgan fingerprint density at radius 2 is 1.83 bits per heavy atom. The van der Waals surface area contributed by atoms with Crippen LogP contribution >= 0.6 is 0 Å². The van der Waals surface area contributed by atoms with Gasteiger partial charge in [-0.2, -0.15) is 4.80 Å². The van der Waals surface area contributed by atoms with Gasteiger partial charge in [0.15, 0.2) is 0 Å². The van der Waals surface area contributed by atoms with E-state index in [4.69, 9.17) is 0 Å². The molecule has 0 fully saturated rings. The van der Waals surface area contributed by atoms with E-state index in [1.54, 1.807) is 18.2 Å². The second-order valence-corrected chi connectivity index (χ2v) is 5.02. The molecular formula is C16H13F2N5O. The molecule has 122 valence electrons. The zero-order valence-corrected chi connectivity index (χ0v) is 12.5. The van der Waals surface area contributed by atoms with Gasteiger partial charge in [0.05, 0.1) is 0 Å². The molecule has 1 heterocycles. The molecule has 0 saturated carbocycles. The Hall–Kier alpha value is -3.16. The van der Waals surface area contributed by atoms with Gasteiger partial charge in [0.25, 0.3) is 0 Å². The molecule has 0 radical (unpaired) electrons. The highest BCUT2D eigenvalue weighted by Gasteiger charge is 2.10. The fourth-order valence-electron chi connectivity index (χ4n) is 2.04. The van der Waals surface area contributed by atoms with Gasteiger partial charge in [-0.25, -0.2) is 8.78 Å². The molecule has 6 nitrogen and oxygen atoms in total. The highest BCUT2D eigenvalue weighted by Crippen LogP contribution is 2.13. The van der Waals surface area contributed by atoms with Crippen LogP contribution in [0.25, 0.3) is 11.4 Å². The molecule has 2 aromatic carbocycles. The second-order valence-electron chi connectivity index (χ2n) is 5.02. The molecule has 0 bridgehead atoms. The Balaban J connectivity index is 1.59. The predicted octanol–water partition coefficient (Wildman–Crippen LogP) is 1.93. The fraction of sp³-hybridized carbons (Fsp3) is 0.125. The lowest BCUT2D eigenvalue weighted by atomic mass is 10.2. The minimum absolute atomic E-state index is 0.0744. The second kappa shape index (κ2) is 6.95. The zero-order valence-electron chi connectivity index (χ0n) is 12.5. The highest BCUT2D eigenvalue weighted by molar-refractivity contribution is 5.75. The Morgan fingerprint density at radius 3 is 2.58 bits per heavy atom. The summed E-state index contributed by atoms with van der Waals surface area (Å²) < 4.78 is 26.4. The lowest BCUT2D eigenvalue weighted by Crippen LogP contribution is -2.28. The maximum atomic E-state index is 13.5. The summed E-state index contributed by atoms with van der Waals surface area (Å²) in [6, 6.07) is 11.8. The molecule has 0 aliphatic rings. The van der Waals surface area contributed by atoms with Crippen molar-refractivity contribution in [2.24, 2.45) is 0 Å². The number of nitrogens with zero attached hydrogens (tertiary/aromatic N) is 4. The van der Waals surface area contributed by atoms with Crippen molar-refractivity contribution in [3.05, 3.63) is 65.7 Å². The van der Waals surface area contributed by atoms with Crippen LogP contribution in [0.1, 0.15) is 5.56 Å². The van der Waals surface area contributed by atoms with Crippen LogP contribution in [-0.2, 0) is 17.9 Å².